The third-order valence-corrected chi connectivity index (χ3v) is 3.42. The number of aryl methyl sites for hydroxylation is 3. The summed E-state index contributed by atoms with van der Waals surface area (Å²) in [5.74, 6) is 2.11. The molecule has 1 heterocycles. The fourth-order valence-electron chi connectivity index (χ4n) is 2.22. The first kappa shape index (κ1) is 16.2. The van der Waals surface area contributed by atoms with Gasteiger partial charge in [0, 0.05) is 25.4 Å². The number of nitrogens with zero attached hydrogens (tertiary/aromatic N) is 3. The molecule has 4 heteroatoms. The molecule has 1 atom stereocenters. The van der Waals surface area contributed by atoms with Crippen LogP contribution >= 0.6 is 0 Å². The van der Waals surface area contributed by atoms with Gasteiger partial charge in [-0.15, -0.1) is 0 Å². The molecule has 1 aromatic heterocycles. The molecule has 1 rings (SSSR count). The number of hydrogen-bond donors (Lipinski definition) is 1. The van der Waals surface area contributed by atoms with E-state index in [-0.39, 0.29) is 0 Å². The molecular formula is C15H30N4. The Kier molecular flexibility index (Phi) is 7.72. The second-order valence-corrected chi connectivity index (χ2v) is 5.23. The van der Waals surface area contributed by atoms with Crippen LogP contribution < -0.4 is 5.32 Å². The van der Waals surface area contributed by atoms with Gasteiger partial charge in [0.2, 0.25) is 0 Å². The van der Waals surface area contributed by atoms with Gasteiger partial charge < -0.3 is 5.32 Å². The summed E-state index contributed by atoms with van der Waals surface area (Å²) in [5, 5.41) is 8.09. The van der Waals surface area contributed by atoms with Gasteiger partial charge in [0.25, 0.3) is 0 Å². The van der Waals surface area contributed by atoms with Crippen molar-refractivity contribution in [3.8, 4) is 0 Å². The summed E-state index contributed by atoms with van der Waals surface area (Å²) in [6.07, 6.45) is 6.80. The number of hydrogen-bond acceptors (Lipinski definition) is 3. The zero-order chi connectivity index (χ0) is 14.1. The minimum Gasteiger partial charge on any atom is -0.314 e. The van der Waals surface area contributed by atoms with Crippen molar-refractivity contribution in [1.29, 1.82) is 0 Å². The van der Waals surface area contributed by atoms with Crippen LogP contribution in [0.3, 0.4) is 0 Å². The fourth-order valence-corrected chi connectivity index (χ4v) is 2.22. The van der Waals surface area contributed by atoms with E-state index in [4.69, 9.17) is 0 Å². The zero-order valence-corrected chi connectivity index (χ0v) is 13.1. The lowest BCUT2D eigenvalue weighted by Crippen LogP contribution is -2.26. The standard InChI is InChI=1S/C15H30N4/c1-5-11-16-13(4)10-8-9-12-19-15(7-3)17-14(6-2)18-19/h13,16H,5-12H2,1-4H3. The summed E-state index contributed by atoms with van der Waals surface area (Å²) in [4.78, 5) is 4.54. The lowest BCUT2D eigenvalue weighted by molar-refractivity contribution is 0.461. The molecule has 1 aromatic rings. The summed E-state index contributed by atoms with van der Waals surface area (Å²) in [5.41, 5.74) is 0. The molecule has 0 bridgehead atoms. The molecule has 0 saturated carbocycles. The lowest BCUT2D eigenvalue weighted by atomic mass is 10.1. The SMILES string of the molecule is CCCNC(C)CCCCn1nc(CC)nc1CC. The highest BCUT2D eigenvalue weighted by Gasteiger charge is 2.07. The summed E-state index contributed by atoms with van der Waals surface area (Å²) < 4.78 is 2.10. The Morgan fingerprint density at radius 3 is 2.58 bits per heavy atom. The van der Waals surface area contributed by atoms with Gasteiger partial charge in [-0.1, -0.05) is 27.2 Å². The van der Waals surface area contributed by atoms with E-state index in [9.17, 15) is 0 Å². The van der Waals surface area contributed by atoms with Gasteiger partial charge in [0.1, 0.15) is 5.82 Å². The molecule has 0 aliphatic rings. The van der Waals surface area contributed by atoms with Crippen LogP contribution in [0, 0.1) is 0 Å². The Hall–Kier alpha value is -0.900. The number of unbranched alkanes of at least 4 members (excludes halogenated alkanes) is 1. The van der Waals surface area contributed by atoms with Gasteiger partial charge in [-0.05, 0) is 32.7 Å². The first-order valence-electron chi connectivity index (χ1n) is 7.87. The van der Waals surface area contributed by atoms with E-state index in [1.807, 2.05) is 0 Å². The van der Waals surface area contributed by atoms with Crippen molar-refractivity contribution in [3.63, 3.8) is 0 Å². The summed E-state index contributed by atoms with van der Waals surface area (Å²) >= 11 is 0. The van der Waals surface area contributed by atoms with Crippen LogP contribution in [0.25, 0.3) is 0 Å². The van der Waals surface area contributed by atoms with Gasteiger partial charge in [-0.2, -0.15) is 5.10 Å². The van der Waals surface area contributed by atoms with Crippen LogP contribution in [0.15, 0.2) is 0 Å². The number of nitrogens with one attached hydrogen (secondary N) is 1. The molecule has 1 unspecified atom stereocenters. The largest absolute Gasteiger partial charge is 0.314 e. The Bertz CT molecular complexity index is 346. The molecule has 1 N–H and O–H groups in total. The first-order chi connectivity index (χ1) is 9.21. The highest BCUT2D eigenvalue weighted by atomic mass is 15.3. The van der Waals surface area contributed by atoms with Crippen molar-refractivity contribution in [2.24, 2.45) is 0 Å². The highest BCUT2D eigenvalue weighted by molar-refractivity contribution is 4.92. The summed E-state index contributed by atoms with van der Waals surface area (Å²) in [6, 6.07) is 0.632. The average molecular weight is 266 g/mol. The van der Waals surface area contributed by atoms with Gasteiger partial charge in [-0.25, -0.2) is 9.67 Å². The van der Waals surface area contributed by atoms with Gasteiger partial charge in [-0.3, -0.25) is 0 Å². The van der Waals surface area contributed by atoms with E-state index in [1.165, 1.54) is 25.7 Å². The van der Waals surface area contributed by atoms with Crippen LogP contribution in [0.1, 0.15) is 65.0 Å². The summed E-state index contributed by atoms with van der Waals surface area (Å²) in [6.45, 7) is 10.9. The van der Waals surface area contributed by atoms with E-state index in [2.05, 4.69) is 47.8 Å². The van der Waals surface area contributed by atoms with Crippen molar-refractivity contribution in [1.82, 2.24) is 20.1 Å². The van der Waals surface area contributed by atoms with Crippen molar-refractivity contribution < 1.29 is 0 Å². The summed E-state index contributed by atoms with van der Waals surface area (Å²) in [7, 11) is 0. The zero-order valence-electron chi connectivity index (χ0n) is 13.1. The Morgan fingerprint density at radius 2 is 1.95 bits per heavy atom. The third kappa shape index (κ3) is 5.72. The van der Waals surface area contributed by atoms with Crippen molar-refractivity contribution in [2.45, 2.75) is 78.8 Å². The normalized spacial score (nSPS) is 12.8. The highest BCUT2D eigenvalue weighted by Crippen LogP contribution is 2.06. The molecule has 110 valence electrons. The van der Waals surface area contributed by atoms with E-state index in [1.54, 1.807) is 0 Å². The Morgan fingerprint density at radius 1 is 1.16 bits per heavy atom. The average Bonchev–Trinajstić information content (AvgIpc) is 2.83. The number of aromatic nitrogens is 3. The molecule has 0 amide bonds. The van der Waals surface area contributed by atoms with Gasteiger partial charge >= 0.3 is 0 Å². The molecule has 4 nitrogen and oxygen atoms in total. The maximum Gasteiger partial charge on any atom is 0.150 e. The minimum atomic E-state index is 0.632. The Balaban J connectivity index is 2.27. The van der Waals surface area contributed by atoms with Crippen LogP contribution in [0.2, 0.25) is 0 Å². The van der Waals surface area contributed by atoms with Crippen molar-refractivity contribution in [3.05, 3.63) is 11.6 Å². The molecule has 0 aromatic carbocycles. The predicted molar refractivity (Wildman–Crippen MR) is 80.4 cm³/mol. The van der Waals surface area contributed by atoms with E-state index >= 15 is 0 Å². The third-order valence-electron chi connectivity index (χ3n) is 3.42. The fraction of sp³-hybridized carbons (Fsp3) is 0.867. The monoisotopic (exact) mass is 266 g/mol. The van der Waals surface area contributed by atoms with Gasteiger partial charge in [0.05, 0.1) is 0 Å². The molecule has 19 heavy (non-hydrogen) atoms. The number of rotatable bonds is 10. The molecule has 0 spiro atoms. The van der Waals surface area contributed by atoms with Crippen LogP contribution in [0.4, 0.5) is 0 Å². The molecule has 0 radical (unpaired) electrons. The van der Waals surface area contributed by atoms with Gasteiger partial charge in [0.15, 0.2) is 5.82 Å². The van der Waals surface area contributed by atoms with Crippen LogP contribution in [-0.2, 0) is 19.4 Å². The predicted octanol–water partition coefficient (Wildman–Crippen LogP) is 2.96. The van der Waals surface area contributed by atoms with Crippen LogP contribution in [0.5, 0.6) is 0 Å². The molecule has 0 fully saturated rings. The van der Waals surface area contributed by atoms with Crippen molar-refractivity contribution >= 4 is 0 Å². The molecule has 0 aliphatic carbocycles. The van der Waals surface area contributed by atoms with Crippen LogP contribution in [-0.4, -0.2) is 27.4 Å². The van der Waals surface area contributed by atoms with Crippen molar-refractivity contribution in [2.75, 3.05) is 6.54 Å². The minimum absolute atomic E-state index is 0.632. The van der Waals surface area contributed by atoms with E-state index in [0.29, 0.717) is 6.04 Å². The van der Waals surface area contributed by atoms with E-state index in [0.717, 1.165) is 37.6 Å². The maximum atomic E-state index is 4.56. The topological polar surface area (TPSA) is 42.7 Å². The van der Waals surface area contributed by atoms with E-state index < -0.39 is 0 Å². The quantitative estimate of drug-likeness (QED) is 0.662. The molecule has 0 saturated heterocycles. The lowest BCUT2D eigenvalue weighted by Gasteiger charge is -2.12. The first-order valence-corrected chi connectivity index (χ1v) is 7.87. The molecular weight excluding hydrogens is 236 g/mol. The second kappa shape index (κ2) is 9.08. The second-order valence-electron chi connectivity index (χ2n) is 5.23. The maximum absolute atomic E-state index is 4.56. The molecule has 0 aliphatic heterocycles. The smallest absolute Gasteiger partial charge is 0.150 e. The Labute approximate surface area is 118 Å².